The number of fused-ring (bicyclic) bond motifs is 12. The minimum absolute atomic E-state index is 0.399. The van der Waals surface area contributed by atoms with Gasteiger partial charge >= 0.3 is 0 Å². The highest BCUT2D eigenvalue weighted by molar-refractivity contribution is 7.99. The number of aromatic nitrogens is 3. The molecule has 0 fully saturated rings. The molecule has 1 aliphatic carbocycles. The van der Waals surface area contributed by atoms with Crippen molar-refractivity contribution in [1.82, 2.24) is 15.0 Å². The lowest BCUT2D eigenvalue weighted by Crippen LogP contribution is -2.31. The monoisotopic (exact) mass is 679 g/mol. The molecule has 1 aliphatic heterocycles. The zero-order valence-corrected chi connectivity index (χ0v) is 28.8. The van der Waals surface area contributed by atoms with Gasteiger partial charge in [0.2, 0.25) is 0 Å². The van der Waals surface area contributed by atoms with Crippen molar-refractivity contribution in [3.05, 3.63) is 198 Å². The Labute approximate surface area is 305 Å². The highest BCUT2D eigenvalue weighted by atomic mass is 32.2. The summed E-state index contributed by atoms with van der Waals surface area (Å²) in [6.07, 6.45) is 0. The van der Waals surface area contributed by atoms with Crippen molar-refractivity contribution in [2.75, 3.05) is 0 Å². The van der Waals surface area contributed by atoms with Crippen LogP contribution < -0.4 is 0 Å². The third kappa shape index (κ3) is 4.19. The molecule has 8 aromatic carbocycles. The van der Waals surface area contributed by atoms with E-state index in [4.69, 9.17) is 15.0 Å². The first-order valence-corrected chi connectivity index (χ1v) is 18.4. The molecule has 0 radical (unpaired) electrons. The lowest BCUT2D eigenvalue weighted by molar-refractivity contribution is 0.723. The number of hydrogen-bond acceptors (Lipinski definition) is 4. The zero-order chi connectivity index (χ0) is 34.2. The summed E-state index contributed by atoms with van der Waals surface area (Å²) in [6, 6.07) is 63.2. The van der Waals surface area contributed by atoms with Crippen LogP contribution in [-0.2, 0) is 5.41 Å². The Kier molecular flexibility index (Phi) is 6.40. The summed E-state index contributed by atoms with van der Waals surface area (Å²) in [7, 11) is 0. The lowest BCUT2D eigenvalue weighted by atomic mass is 9.67. The van der Waals surface area contributed by atoms with E-state index in [-0.39, 0.29) is 0 Å². The maximum Gasteiger partial charge on any atom is 0.164 e. The van der Waals surface area contributed by atoms with Gasteiger partial charge in [0.05, 0.1) is 5.41 Å². The summed E-state index contributed by atoms with van der Waals surface area (Å²) in [5.41, 5.74) is 10.5. The van der Waals surface area contributed by atoms with Crippen molar-refractivity contribution in [3.8, 4) is 45.3 Å². The summed E-state index contributed by atoms with van der Waals surface area (Å²) in [5, 5.41) is 4.66. The van der Waals surface area contributed by atoms with Crippen molar-refractivity contribution in [1.29, 1.82) is 0 Å². The van der Waals surface area contributed by atoms with E-state index in [0.717, 1.165) is 32.8 Å². The van der Waals surface area contributed by atoms with E-state index >= 15 is 0 Å². The SMILES string of the molecule is c1ccc(-c2nc(-c3ccc4c5c(ccc4c3)C3(c4ccccc4Sc4ccccc43)c3ccccc3-5)nc(-c3cccc4ccccc34)n2)cc1. The first kappa shape index (κ1) is 29.4. The van der Waals surface area contributed by atoms with E-state index in [0.29, 0.717) is 17.5 Å². The standard InChI is InChI=1S/C48H29N3S/c1-2-14-31(15-3-1)45-49-46(51-47(50-45)36-19-12-16-30-13-4-5-17-34(30)36)33-25-27-35-32(29-33)26-28-41-44(35)37-18-6-7-20-38(37)48(41)39-21-8-10-23-42(39)52-43-24-11-9-22-40(43)48/h1-29H. The smallest absolute Gasteiger partial charge is 0.164 e. The Bertz CT molecular complexity index is 2850. The number of rotatable bonds is 3. The quantitative estimate of drug-likeness (QED) is 0.186. The highest BCUT2D eigenvalue weighted by Crippen LogP contribution is 2.63. The molecule has 1 spiro atoms. The fraction of sp³-hybridized carbons (Fsp3) is 0.0208. The fourth-order valence-electron chi connectivity index (χ4n) is 8.58. The third-order valence-corrected chi connectivity index (χ3v) is 11.9. The lowest BCUT2D eigenvalue weighted by Gasteiger charge is -2.39. The molecule has 52 heavy (non-hydrogen) atoms. The predicted octanol–water partition coefficient (Wildman–Crippen LogP) is 12.0. The first-order chi connectivity index (χ1) is 25.8. The minimum Gasteiger partial charge on any atom is -0.208 e. The van der Waals surface area contributed by atoms with Gasteiger partial charge in [-0.25, -0.2) is 15.0 Å². The Morgan fingerprint density at radius 1 is 0.365 bits per heavy atom. The maximum atomic E-state index is 5.16. The second-order valence-corrected chi connectivity index (χ2v) is 14.6. The van der Waals surface area contributed by atoms with E-state index in [1.807, 2.05) is 30.0 Å². The fourth-order valence-corrected chi connectivity index (χ4v) is 9.77. The van der Waals surface area contributed by atoms with Gasteiger partial charge in [0, 0.05) is 26.5 Å². The Hall–Kier alpha value is -6.36. The van der Waals surface area contributed by atoms with Gasteiger partial charge in [-0.15, -0.1) is 0 Å². The normalized spacial score (nSPS) is 13.5. The van der Waals surface area contributed by atoms with Crippen molar-refractivity contribution < 1.29 is 0 Å². The molecule has 0 atom stereocenters. The van der Waals surface area contributed by atoms with Gasteiger partial charge in [0.25, 0.3) is 0 Å². The van der Waals surface area contributed by atoms with Gasteiger partial charge < -0.3 is 0 Å². The molecule has 0 bridgehead atoms. The van der Waals surface area contributed by atoms with E-state index in [2.05, 4.69) is 158 Å². The van der Waals surface area contributed by atoms with Gasteiger partial charge in [-0.05, 0) is 73.1 Å². The molecule has 0 saturated heterocycles. The van der Waals surface area contributed by atoms with Crippen LogP contribution >= 0.6 is 11.8 Å². The molecule has 0 amide bonds. The molecule has 2 aliphatic rings. The van der Waals surface area contributed by atoms with E-state index in [1.165, 1.54) is 48.6 Å². The van der Waals surface area contributed by atoms with E-state index < -0.39 is 5.41 Å². The van der Waals surface area contributed by atoms with Crippen LogP contribution in [0.2, 0.25) is 0 Å². The summed E-state index contributed by atoms with van der Waals surface area (Å²) < 4.78 is 0. The largest absolute Gasteiger partial charge is 0.208 e. The molecule has 2 heterocycles. The Morgan fingerprint density at radius 2 is 0.981 bits per heavy atom. The second kappa shape index (κ2) is 11.3. The maximum absolute atomic E-state index is 5.16. The molecule has 242 valence electrons. The van der Waals surface area contributed by atoms with Crippen LogP contribution in [0.15, 0.2) is 186 Å². The predicted molar refractivity (Wildman–Crippen MR) is 213 cm³/mol. The van der Waals surface area contributed by atoms with Crippen molar-refractivity contribution in [3.63, 3.8) is 0 Å². The molecule has 9 aromatic rings. The molecule has 4 heteroatoms. The van der Waals surface area contributed by atoms with Crippen LogP contribution in [-0.4, -0.2) is 15.0 Å². The second-order valence-electron chi connectivity index (χ2n) is 13.5. The van der Waals surface area contributed by atoms with Gasteiger partial charge in [-0.1, -0.05) is 169 Å². The molecule has 3 nitrogen and oxygen atoms in total. The summed E-state index contributed by atoms with van der Waals surface area (Å²) >= 11 is 1.88. The zero-order valence-electron chi connectivity index (χ0n) is 28.0. The summed E-state index contributed by atoms with van der Waals surface area (Å²) in [5.74, 6) is 1.98. The van der Waals surface area contributed by atoms with Gasteiger partial charge in [-0.3, -0.25) is 0 Å². The average molecular weight is 680 g/mol. The third-order valence-electron chi connectivity index (χ3n) is 10.8. The van der Waals surface area contributed by atoms with Crippen LogP contribution in [0, 0.1) is 0 Å². The van der Waals surface area contributed by atoms with Crippen LogP contribution in [0.4, 0.5) is 0 Å². The van der Waals surface area contributed by atoms with Gasteiger partial charge in [-0.2, -0.15) is 0 Å². The van der Waals surface area contributed by atoms with Crippen LogP contribution in [0.1, 0.15) is 22.3 Å². The molecular weight excluding hydrogens is 651 g/mol. The highest BCUT2D eigenvalue weighted by Gasteiger charge is 2.50. The Balaban J connectivity index is 1.14. The van der Waals surface area contributed by atoms with Crippen LogP contribution in [0.3, 0.4) is 0 Å². The molecule has 1 aromatic heterocycles. The molecule has 0 saturated carbocycles. The Morgan fingerprint density at radius 3 is 1.79 bits per heavy atom. The summed E-state index contributed by atoms with van der Waals surface area (Å²) in [4.78, 5) is 17.9. The van der Waals surface area contributed by atoms with E-state index in [9.17, 15) is 0 Å². The first-order valence-electron chi connectivity index (χ1n) is 17.6. The van der Waals surface area contributed by atoms with Gasteiger partial charge in [0.1, 0.15) is 0 Å². The van der Waals surface area contributed by atoms with Crippen molar-refractivity contribution in [2.24, 2.45) is 0 Å². The molecular formula is C48H29N3S. The molecule has 0 unspecified atom stereocenters. The summed E-state index contributed by atoms with van der Waals surface area (Å²) in [6.45, 7) is 0. The van der Waals surface area contributed by atoms with Crippen LogP contribution in [0.25, 0.3) is 66.8 Å². The average Bonchev–Trinajstić information content (AvgIpc) is 3.51. The van der Waals surface area contributed by atoms with Crippen molar-refractivity contribution >= 4 is 33.3 Å². The topological polar surface area (TPSA) is 38.7 Å². The number of nitrogens with zero attached hydrogens (tertiary/aromatic N) is 3. The number of benzene rings is 8. The van der Waals surface area contributed by atoms with E-state index in [1.54, 1.807) is 0 Å². The molecule has 11 rings (SSSR count). The van der Waals surface area contributed by atoms with Crippen molar-refractivity contribution in [2.45, 2.75) is 15.2 Å². The van der Waals surface area contributed by atoms with Crippen LogP contribution in [0.5, 0.6) is 0 Å². The molecule has 0 N–H and O–H groups in total. The number of hydrogen-bond donors (Lipinski definition) is 0. The van der Waals surface area contributed by atoms with Gasteiger partial charge in [0.15, 0.2) is 17.5 Å². The minimum atomic E-state index is -0.399.